The molecule has 2 heterocycles. The first-order chi connectivity index (χ1) is 11.3. The second kappa shape index (κ2) is 6.46. The average molecular weight is 311 g/mol. The molecular weight excluding hydrogens is 286 g/mol. The van der Waals surface area contributed by atoms with Crippen LogP contribution in [0.3, 0.4) is 0 Å². The molecule has 1 aliphatic carbocycles. The van der Waals surface area contributed by atoms with Gasteiger partial charge in [0.05, 0.1) is 5.92 Å². The summed E-state index contributed by atoms with van der Waals surface area (Å²) in [6, 6.07) is 10.8. The van der Waals surface area contributed by atoms with Gasteiger partial charge in [0, 0.05) is 25.7 Å². The van der Waals surface area contributed by atoms with Crippen molar-refractivity contribution in [1.29, 1.82) is 0 Å². The van der Waals surface area contributed by atoms with Crippen molar-refractivity contribution in [1.82, 2.24) is 15.8 Å². The maximum atomic E-state index is 13.0. The van der Waals surface area contributed by atoms with E-state index in [9.17, 15) is 4.79 Å². The number of hydrazine groups is 1. The van der Waals surface area contributed by atoms with Gasteiger partial charge in [-0.1, -0.05) is 42.8 Å². The molecule has 0 bridgehead atoms. The molecule has 4 heteroatoms. The summed E-state index contributed by atoms with van der Waals surface area (Å²) in [5.74, 6) is 1.12. The highest BCUT2D eigenvalue weighted by molar-refractivity contribution is 5.81. The molecule has 1 saturated heterocycles. The third-order valence-corrected chi connectivity index (χ3v) is 5.65. The molecule has 4 nitrogen and oxygen atoms in total. The number of fused-ring (bicyclic) bond motifs is 1. The van der Waals surface area contributed by atoms with Gasteiger partial charge in [0.25, 0.3) is 0 Å². The smallest absolute Gasteiger partial charge is 0.227 e. The molecule has 23 heavy (non-hydrogen) atoms. The quantitative estimate of drug-likeness (QED) is 0.880. The Morgan fingerprint density at radius 3 is 2.83 bits per heavy atom. The molecule has 0 aromatic heterocycles. The first-order valence-electron chi connectivity index (χ1n) is 8.84. The molecule has 2 aliphatic heterocycles. The second-order valence-corrected chi connectivity index (χ2v) is 6.98. The zero-order chi connectivity index (χ0) is 15.6. The molecule has 3 aliphatic rings. The first kappa shape index (κ1) is 14.9. The maximum absolute atomic E-state index is 13.0. The predicted molar refractivity (Wildman–Crippen MR) is 91.4 cm³/mol. The zero-order valence-electron chi connectivity index (χ0n) is 13.5. The Labute approximate surface area is 137 Å². The molecule has 1 saturated carbocycles. The van der Waals surface area contributed by atoms with Crippen molar-refractivity contribution in [2.24, 2.45) is 11.8 Å². The van der Waals surface area contributed by atoms with Crippen molar-refractivity contribution < 1.29 is 4.79 Å². The summed E-state index contributed by atoms with van der Waals surface area (Å²) in [5.41, 5.74) is 9.26. The molecule has 3 unspecified atom stereocenters. The van der Waals surface area contributed by atoms with E-state index >= 15 is 0 Å². The van der Waals surface area contributed by atoms with Gasteiger partial charge in [0.2, 0.25) is 5.91 Å². The van der Waals surface area contributed by atoms with Gasteiger partial charge in [0.1, 0.15) is 0 Å². The van der Waals surface area contributed by atoms with Crippen molar-refractivity contribution in [2.45, 2.75) is 31.7 Å². The van der Waals surface area contributed by atoms with Crippen molar-refractivity contribution >= 4 is 11.5 Å². The normalized spacial score (nSPS) is 30.7. The van der Waals surface area contributed by atoms with E-state index in [-0.39, 0.29) is 5.92 Å². The van der Waals surface area contributed by atoms with Gasteiger partial charge < -0.3 is 4.90 Å². The molecule has 3 atom stereocenters. The van der Waals surface area contributed by atoms with Gasteiger partial charge in [-0.2, -0.15) is 0 Å². The topological polar surface area (TPSA) is 44.4 Å². The molecule has 2 fully saturated rings. The van der Waals surface area contributed by atoms with Crippen LogP contribution >= 0.6 is 0 Å². The number of benzene rings is 1. The summed E-state index contributed by atoms with van der Waals surface area (Å²) >= 11 is 0. The fourth-order valence-electron chi connectivity index (χ4n) is 4.34. The summed E-state index contributed by atoms with van der Waals surface area (Å²) in [6.07, 6.45) is 6.65. The molecule has 122 valence electrons. The number of hydrogen-bond donors (Lipinski definition) is 2. The Morgan fingerprint density at radius 2 is 2.04 bits per heavy atom. The Balaban J connectivity index is 1.43. The average Bonchev–Trinajstić information content (AvgIpc) is 3.11. The number of rotatable bonds is 2. The van der Waals surface area contributed by atoms with E-state index in [2.05, 4.69) is 46.1 Å². The van der Waals surface area contributed by atoms with E-state index in [1.807, 2.05) is 6.07 Å². The summed E-state index contributed by atoms with van der Waals surface area (Å²) in [4.78, 5) is 15.0. The molecule has 1 aromatic carbocycles. The molecule has 0 radical (unpaired) electrons. The maximum Gasteiger partial charge on any atom is 0.227 e. The number of amides is 1. The lowest BCUT2D eigenvalue weighted by Crippen LogP contribution is -2.49. The molecule has 1 amide bonds. The Bertz CT molecular complexity index is 598. The molecular formula is C19H25N3O. The Morgan fingerprint density at radius 1 is 1.17 bits per heavy atom. The fourth-order valence-corrected chi connectivity index (χ4v) is 4.34. The SMILES string of the molecule is O=C(C1CCCC2CNNC21)N1CC=C(c2ccccc2)CC1. The van der Waals surface area contributed by atoms with E-state index in [0.717, 1.165) is 32.5 Å². The number of carbonyl (C=O) groups is 1. The molecule has 2 N–H and O–H groups in total. The lowest BCUT2D eigenvalue weighted by Gasteiger charge is -2.36. The number of nitrogens with one attached hydrogen (secondary N) is 2. The van der Waals surface area contributed by atoms with Crippen molar-refractivity contribution in [3.05, 3.63) is 42.0 Å². The van der Waals surface area contributed by atoms with Crippen LogP contribution in [0.1, 0.15) is 31.2 Å². The van der Waals surface area contributed by atoms with Crippen LogP contribution in [0.2, 0.25) is 0 Å². The third kappa shape index (κ3) is 2.93. The van der Waals surface area contributed by atoms with Gasteiger partial charge in [-0.3, -0.25) is 15.6 Å². The summed E-state index contributed by atoms with van der Waals surface area (Å²) in [5, 5.41) is 0. The Kier molecular flexibility index (Phi) is 4.19. The summed E-state index contributed by atoms with van der Waals surface area (Å²) in [7, 11) is 0. The van der Waals surface area contributed by atoms with Crippen molar-refractivity contribution in [2.75, 3.05) is 19.6 Å². The van der Waals surface area contributed by atoms with Gasteiger partial charge in [-0.25, -0.2) is 0 Å². The predicted octanol–water partition coefficient (Wildman–Crippen LogP) is 2.19. The highest BCUT2D eigenvalue weighted by atomic mass is 16.2. The monoisotopic (exact) mass is 311 g/mol. The fraction of sp³-hybridized carbons (Fsp3) is 0.526. The highest BCUT2D eigenvalue weighted by Crippen LogP contribution is 2.33. The first-order valence-corrected chi connectivity index (χ1v) is 8.84. The van der Waals surface area contributed by atoms with E-state index in [4.69, 9.17) is 0 Å². The molecule has 4 rings (SSSR count). The van der Waals surface area contributed by atoms with E-state index < -0.39 is 0 Å². The largest absolute Gasteiger partial charge is 0.338 e. The second-order valence-electron chi connectivity index (χ2n) is 6.98. The minimum Gasteiger partial charge on any atom is -0.338 e. The van der Waals surface area contributed by atoms with Gasteiger partial charge >= 0.3 is 0 Å². The van der Waals surface area contributed by atoms with Gasteiger partial charge in [-0.15, -0.1) is 0 Å². The van der Waals surface area contributed by atoms with Crippen LogP contribution in [0, 0.1) is 11.8 Å². The third-order valence-electron chi connectivity index (χ3n) is 5.65. The van der Waals surface area contributed by atoms with E-state index in [1.54, 1.807) is 0 Å². The lowest BCUT2D eigenvalue weighted by atomic mass is 9.77. The summed E-state index contributed by atoms with van der Waals surface area (Å²) in [6.45, 7) is 2.61. The minimum absolute atomic E-state index is 0.149. The van der Waals surface area contributed by atoms with Gasteiger partial charge in [-0.05, 0) is 36.3 Å². The van der Waals surface area contributed by atoms with Crippen molar-refractivity contribution in [3.8, 4) is 0 Å². The van der Waals surface area contributed by atoms with Crippen LogP contribution < -0.4 is 10.9 Å². The van der Waals surface area contributed by atoms with Gasteiger partial charge in [0.15, 0.2) is 0 Å². The van der Waals surface area contributed by atoms with Crippen LogP contribution in [0.25, 0.3) is 5.57 Å². The van der Waals surface area contributed by atoms with E-state index in [1.165, 1.54) is 24.0 Å². The van der Waals surface area contributed by atoms with Crippen molar-refractivity contribution in [3.63, 3.8) is 0 Å². The van der Waals surface area contributed by atoms with Crippen LogP contribution in [0.15, 0.2) is 36.4 Å². The Hall–Kier alpha value is -1.65. The zero-order valence-corrected chi connectivity index (χ0v) is 13.5. The van der Waals surface area contributed by atoms with Crippen LogP contribution in [0.4, 0.5) is 0 Å². The number of hydrogen-bond acceptors (Lipinski definition) is 3. The number of carbonyl (C=O) groups excluding carboxylic acids is 1. The highest BCUT2D eigenvalue weighted by Gasteiger charge is 2.41. The molecule has 0 spiro atoms. The van der Waals surface area contributed by atoms with Crippen LogP contribution in [-0.4, -0.2) is 36.5 Å². The van der Waals surface area contributed by atoms with Crippen LogP contribution in [-0.2, 0) is 4.79 Å². The lowest BCUT2D eigenvalue weighted by molar-refractivity contribution is -0.137. The molecule has 1 aromatic rings. The van der Waals surface area contributed by atoms with Crippen LogP contribution in [0.5, 0.6) is 0 Å². The standard InChI is InChI=1S/C19H25N3O/c23-19(17-8-4-7-16-13-20-21-18(16)17)22-11-9-15(10-12-22)14-5-2-1-3-6-14/h1-3,5-6,9,16-18,20-21H,4,7-8,10-13H2. The minimum atomic E-state index is 0.149. The number of nitrogens with zero attached hydrogens (tertiary/aromatic N) is 1. The summed E-state index contributed by atoms with van der Waals surface area (Å²) < 4.78 is 0. The van der Waals surface area contributed by atoms with E-state index in [0.29, 0.717) is 17.9 Å².